The molecule has 2 fully saturated rings. The zero-order chi connectivity index (χ0) is 10.5. The lowest BCUT2D eigenvalue weighted by Gasteiger charge is -2.15. The van der Waals surface area contributed by atoms with Crippen LogP contribution >= 0.6 is 11.8 Å². The lowest BCUT2D eigenvalue weighted by molar-refractivity contribution is 0.318. The molecule has 0 aromatic rings. The van der Waals surface area contributed by atoms with Crippen LogP contribution in [0.3, 0.4) is 0 Å². The van der Waals surface area contributed by atoms with Gasteiger partial charge >= 0.3 is 0 Å². The highest BCUT2D eigenvalue weighted by Crippen LogP contribution is 2.29. The zero-order valence-corrected chi connectivity index (χ0v) is 10.1. The van der Waals surface area contributed by atoms with E-state index in [1.807, 2.05) is 11.8 Å². The standard InChI is InChI=1S/C12H20N2S/c1-2-8-15-9-6-13-11-5-7-14(10-11)12-3-4-12/h1,11-13H,3-10H2. The Labute approximate surface area is 97.2 Å². The Bertz CT molecular complexity index is 232. The molecular formula is C12H20N2S. The van der Waals surface area contributed by atoms with Gasteiger partial charge in [-0.15, -0.1) is 18.2 Å². The molecule has 0 aromatic heterocycles. The topological polar surface area (TPSA) is 15.3 Å². The van der Waals surface area contributed by atoms with Crippen molar-refractivity contribution in [2.75, 3.05) is 31.1 Å². The number of hydrogen-bond acceptors (Lipinski definition) is 3. The van der Waals surface area contributed by atoms with Gasteiger partial charge in [-0.2, -0.15) is 0 Å². The fourth-order valence-corrected chi connectivity index (χ4v) is 2.72. The van der Waals surface area contributed by atoms with Crippen LogP contribution in [0.5, 0.6) is 0 Å². The summed E-state index contributed by atoms with van der Waals surface area (Å²) in [7, 11) is 0. The molecular weight excluding hydrogens is 204 g/mol. The highest BCUT2D eigenvalue weighted by molar-refractivity contribution is 7.99. The van der Waals surface area contributed by atoms with Crippen molar-refractivity contribution in [1.29, 1.82) is 0 Å². The van der Waals surface area contributed by atoms with E-state index < -0.39 is 0 Å². The van der Waals surface area contributed by atoms with Crippen molar-refractivity contribution in [1.82, 2.24) is 10.2 Å². The molecule has 1 N–H and O–H groups in total. The molecule has 1 unspecified atom stereocenters. The highest BCUT2D eigenvalue weighted by atomic mass is 32.2. The van der Waals surface area contributed by atoms with Crippen molar-refractivity contribution in [2.45, 2.75) is 31.3 Å². The molecule has 2 rings (SSSR count). The first kappa shape index (κ1) is 11.3. The van der Waals surface area contributed by atoms with Crippen molar-refractivity contribution < 1.29 is 0 Å². The summed E-state index contributed by atoms with van der Waals surface area (Å²) < 4.78 is 0. The average Bonchev–Trinajstić information content (AvgIpc) is 2.99. The SMILES string of the molecule is C#CCSCCNC1CCN(C2CC2)C1. The minimum Gasteiger partial charge on any atom is -0.312 e. The summed E-state index contributed by atoms with van der Waals surface area (Å²) >= 11 is 1.84. The molecule has 1 saturated carbocycles. The van der Waals surface area contributed by atoms with E-state index in [4.69, 9.17) is 6.42 Å². The highest BCUT2D eigenvalue weighted by Gasteiger charge is 2.33. The Morgan fingerprint density at radius 1 is 1.40 bits per heavy atom. The molecule has 0 spiro atoms. The van der Waals surface area contributed by atoms with Gasteiger partial charge in [0, 0.05) is 37.5 Å². The Morgan fingerprint density at radius 2 is 2.27 bits per heavy atom. The summed E-state index contributed by atoms with van der Waals surface area (Å²) in [4.78, 5) is 2.65. The minimum absolute atomic E-state index is 0.733. The van der Waals surface area contributed by atoms with Crippen LogP contribution in [-0.2, 0) is 0 Å². The molecule has 1 saturated heterocycles. The molecule has 15 heavy (non-hydrogen) atoms. The molecule has 2 aliphatic rings. The Balaban J connectivity index is 1.51. The van der Waals surface area contributed by atoms with Crippen molar-refractivity contribution >= 4 is 11.8 Å². The first-order valence-electron chi connectivity index (χ1n) is 5.89. The van der Waals surface area contributed by atoms with E-state index in [-0.39, 0.29) is 0 Å². The third-order valence-electron chi connectivity index (χ3n) is 3.15. The van der Waals surface area contributed by atoms with Crippen molar-refractivity contribution in [3.8, 4) is 12.3 Å². The number of hydrogen-bond donors (Lipinski definition) is 1. The van der Waals surface area contributed by atoms with E-state index in [0.29, 0.717) is 0 Å². The van der Waals surface area contributed by atoms with Gasteiger partial charge in [-0.1, -0.05) is 5.92 Å². The van der Waals surface area contributed by atoms with Crippen molar-refractivity contribution in [3.05, 3.63) is 0 Å². The third kappa shape index (κ3) is 3.71. The predicted molar refractivity (Wildman–Crippen MR) is 67.2 cm³/mol. The average molecular weight is 224 g/mol. The molecule has 0 bridgehead atoms. The second-order valence-corrected chi connectivity index (χ2v) is 5.53. The summed E-state index contributed by atoms with van der Waals surface area (Å²) in [5.74, 6) is 4.64. The van der Waals surface area contributed by atoms with Crippen LogP contribution in [0, 0.1) is 12.3 Å². The van der Waals surface area contributed by atoms with Gasteiger partial charge in [0.15, 0.2) is 0 Å². The molecule has 84 valence electrons. The van der Waals surface area contributed by atoms with Crippen molar-refractivity contribution in [3.63, 3.8) is 0 Å². The van der Waals surface area contributed by atoms with Crippen LogP contribution in [-0.4, -0.2) is 48.1 Å². The van der Waals surface area contributed by atoms with Gasteiger partial charge in [0.2, 0.25) is 0 Å². The quantitative estimate of drug-likeness (QED) is 0.539. The summed E-state index contributed by atoms with van der Waals surface area (Å²) in [5.41, 5.74) is 0. The third-order valence-corrected chi connectivity index (χ3v) is 4.01. The van der Waals surface area contributed by atoms with Gasteiger partial charge in [-0.05, 0) is 19.3 Å². The fraction of sp³-hybridized carbons (Fsp3) is 0.833. The summed E-state index contributed by atoms with van der Waals surface area (Å²) in [6.07, 6.45) is 9.39. The van der Waals surface area contributed by atoms with Crippen LogP contribution in [0.25, 0.3) is 0 Å². The summed E-state index contributed by atoms with van der Waals surface area (Å²) in [6, 6.07) is 1.67. The lowest BCUT2D eigenvalue weighted by Crippen LogP contribution is -2.34. The summed E-state index contributed by atoms with van der Waals surface area (Å²) in [5, 5.41) is 3.62. The predicted octanol–water partition coefficient (Wildman–Crippen LogP) is 1.18. The number of terminal acetylenes is 1. The van der Waals surface area contributed by atoms with Gasteiger partial charge in [0.1, 0.15) is 0 Å². The first-order valence-corrected chi connectivity index (χ1v) is 7.04. The molecule has 0 amide bonds. The number of likely N-dealkylation sites (tertiary alicyclic amines) is 1. The summed E-state index contributed by atoms with van der Waals surface area (Å²) in [6.45, 7) is 3.68. The maximum Gasteiger partial charge on any atom is 0.0545 e. The van der Waals surface area contributed by atoms with Crippen LogP contribution in [0.15, 0.2) is 0 Å². The monoisotopic (exact) mass is 224 g/mol. The molecule has 0 aromatic carbocycles. The first-order chi connectivity index (χ1) is 7.40. The van der Waals surface area contributed by atoms with Crippen LogP contribution < -0.4 is 5.32 Å². The molecule has 1 aliphatic carbocycles. The van der Waals surface area contributed by atoms with Crippen molar-refractivity contribution in [2.24, 2.45) is 0 Å². The maximum atomic E-state index is 5.19. The number of nitrogens with one attached hydrogen (secondary N) is 1. The maximum absolute atomic E-state index is 5.19. The molecule has 3 heteroatoms. The second-order valence-electron chi connectivity index (χ2n) is 4.42. The zero-order valence-electron chi connectivity index (χ0n) is 9.24. The van der Waals surface area contributed by atoms with E-state index in [2.05, 4.69) is 16.1 Å². The van der Waals surface area contributed by atoms with E-state index in [0.717, 1.165) is 30.1 Å². The smallest absolute Gasteiger partial charge is 0.0545 e. The number of nitrogens with zero attached hydrogens (tertiary/aromatic N) is 1. The van der Waals surface area contributed by atoms with Crippen LogP contribution in [0.4, 0.5) is 0 Å². The van der Waals surface area contributed by atoms with E-state index in [1.54, 1.807) is 0 Å². The lowest BCUT2D eigenvalue weighted by atomic mass is 10.3. The van der Waals surface area contributed by atoms with Gasteiger partial charge in [0.25, 0.3) is 0 Å². The van der Waals surface area contributed by atoms with E-state index >= 15 is 0 Å². The molecule has 0 radical (unpaired) electrons. The Hall–Kier alpha value is -0.170. The van der Waals surface area contributed by atoms with E-state index in [9.17, 15) is 0 Å². The van der Waals surface area contributed by atoms with Crippen LogP contribution in [0.1, 0.15) is 19.3 Å². The van der Waals surface area contributed by atoms with Gasteiger partial charge < -0.3 is 5.32 Å². The fourth-order valence-electron chi connectivity index (χ4n) is 2.19. The second kappa shape index (κ2) is 5.79. The molecule has 1 atom stereocenters. The largest absolute Gasteiger partial charge is 0.312 e. The van der Waals surface area contributed by atoms with Gasteiger partial charge in [0.05, 0.1) is 5.75 Å². The number of rotatable bonds is 6. The minimum atomic E-state index is 0.733. The molecule has 1 aliphatic heterocycles. The molecule has 2 nitrogen and oxygen atoms in total. The normalized spacial score (nSPS) is 26.7. The van der Waals surface area contributed by atoms with E-state index in [1.165, 1.54) is 32.4 Å². The molecule has 1 heterocycles. The van der Waals surface area contributed by atoms with Gasteiger partial charge in [-0.3, -0.25) is 4.90 Å². The Kier molecular flexibility index (Phi) is 4.37. The van der Waals surface area contributed by atoms with Gasteiger partial charge in [-0.25, -0.2) is 0 Å². The van der Waals surface area contributed by atoms with Crippen LogP contribution in [0.2, 0.25) is 0 Å². The number of thioether (sulfide) groups is 1. The Morgan fingerprint density at radius 3 is 3.00 bits per heavy atom.